The Labute approximate surface area is 176 Å². The highest BCUT2D eigenvalue weighted by atomic mass is 35.5. The molecule has 0 radical (unpaired) electrons. The summed E-state index contributed by atoms with van der Waals surface area (Å²) in [6.07, 6.45) is 3.85. The molecule has 10 heteroatoms. The minimum absolute atomic E-state index is 0.263. The molecule has 158 valence electrons. The summed E-state index contributed by atoms with van der Waals surface area (Å²) in [5.41, 5.74) is 0.263. The van der Waals surface area contributed by atoms with Gasteiger partial charge in [-0.05, 0) is 24.3 Å². The number of halogens is 1. The predicted octanol–water partition coefficient (Wildman–Crippen LogP) is 2.05. The molecule has 0 spiro atoms. The minimum Gasteiger partial charge on any atom is -0.468 e. The number of hydrogen-bond acceptors (Lipinski definition) is 6. The molecule has 1 aliphatic rings. The van der Waals surface area contributed by atoms with E-state index in [9.17, 15) is 13.2 Å². The summed E-state index contributed by atoms with van der Waals surface area (Å²) in [6, 6.07) is 8.56. The number of hydrogen-bond donors (Lipinski definition) is 0. The van der Waals surface area contributed by atoms with Gasteiger partial charge in [-0.25, -0.2) is 0 Å². The quantitative estimate of drug-likeness (QED) is 0.277. The van der Waals surface area contributed by atoms with Crippen molar-refractivity contribution in [3.63, 3.8) is 0 Å². The van der Waals surface area contributed by atoms with Crippen molar-refractivity contribution in [3.05, 3.63) is 53.1 Å². The van der Waals surface area contributed by atoms with E-state index in [-0.39, 0.29) is 10.6 Å². The molecular formula is C19H24ClN3O5S. The van der Waals surface area contributed by atoms with Crippen molar-refractivity contribution >= 4 is 33.9 Å². The van der Waals surface area contributed by atoms with Crippen molar-refractivity contribution in [2.45, 2.75) is 5.06 Å². The Hall–Kier alpha value is -2.52. The number of methoxy groups -OCH3 is 1. The zero-order chi connectivity index (χ0) is 21.8. The van der Waals surface area contributed by atoms with Crippen LogP contribution in [0.5, 0.6) is 5.75 Å². The number of carbonyl (C=O) groups excluding carboxylic acids is 1. The molecule has 0 N–H and O–H groups in total. The topological polar surface area (TPSA) is 88.5 Å². The van der Waals surface area contributed by atoms with E-state index >= 15 is 0 Å². The fourth-order valence-electron chi connectivity index (χ4n) is 2.65. The molecule has 0 fully saturated rings. The van der Waals surface area contributed by atoms with Crippen molar-refractivity contribution in [1.82, 2.24) is 9.80 Å². The number of nitrogens with zero attached hydrogens (tertiary/aromatic N) is 3. The molecule has 1 aliphatic carbocycles. The molecule has 0 aromatic heterocycles. The minimum atomic E-state index is -4.29. The fourth-order valence-corrected chi connectivity index (χ4v) is 4.55. The highest BCUT2D eigenvalue weighted by Crippen LogP contribution is 2.44. The summed E-state index contributed by atoms with van der Waals surface area (Å²) < 4.78 is 40.5. The maximum Gasteiger partial charge on any atom is 0.316 e. The smallest absolute Gasteiger partial charge is 0.316 e. The Morgan fingerprint density at radius 2 is 1.79 bits per heavy atom. The molecule has 2 unspecified atom stereocenters. The zero-order valence-electron chi connectivity index (χ0n) is 16.9. The van der Waals surface area contributed by atoms with Crippen molar-refractivity contribution in [2.24, 2.45) is 10.3 Å². The SMILES string of the molecule is COC(=O)C1C=C(N(C)C)C(Cl)(Oc2ccccc2)C(S(=O)(=O)/N=C/N(C)C)=C1. The third-order valence-electron chi connectivity index (χ3n) is 3.97. The van der Waals surface area contributed by atoms with Crippen LogP contribution < -0.4 is 4.74 Å². The van der Waals surface area contributed by atoms with Gasteiger partial charge in [-0.1, -0.05) is 29.8 Å². The van der Waals surface area contributed by atoms with Gasteiger partial charge in [-0.15, -0.1) is 4.40 Å². The van der Waals surface area contributed by atoms with E-state index < -0.39 is 27.0 Å². The molecule has 0 bridgehead atoms. The van der Waals surface area contributed by atoms with Gasteiger partial charge in [-0.2, -0.15) is 8.42 Å². The lowest BCUT2D eigenvalue weighted by Crippen LogP contribution is -2.45. The Kier molecular flexibility index (Phi) is 6.97. The molecule has 0 saturated heterocycles. The number of esters is 1. The third-order valence-corrected chi connectivity index (χ3v) is 5.90. The number of benzene rings is 1. The van der Waals surface area contributed by atoms with Crippen molar-refractivity contribution < 1.29 is 22.7 Å². The van der Waals surface area contributed by atoms with E-state index in [4.69, 9.17) is 21.1 Å². The molecular weight excluding hydrogens is 418 g/mol. The first-order valence-corrected chi connectivity index (χ1v) is 10.4. The number of alkyl halides is 1. The van der Waals surface area contributed by atoms with Crippen LogP contribution in [0.15, 0.2) is 57.5 Å². The summed E-state index contributed by atoms with van der Waals surface area (Å²) >= 11 is 6.83. The second-order valence-electron chi connectivity index (χ2n) is 6.70. The number of rotatable bonds is 7. The second-order valence-corrected chi connectivity index (χ2v) is 8.83. The average Bonchev–Trinajstić information content (AvgIpc) is 2.66. The van der Waals surface area contributed by atoms with Crippen molar-refractivity contribution in [3.8, 4) is 5.75 Å². The van der Waals surface area contributed by atoms with Gasteiger partial charge in [0.2, 0.25) is 0 Å². The lowest BCUT2D eigenvalue weighted by atomic mass is 9.97. The first-order valence-electron chi connectivity index (χ1n) is 8.61. The monoisotopic (exact) mass is 441 g/mol. The predicted molar refractivity (Wildman–Crippen MR) is 112 cm³/mol. The number of ether oxygens (including phenoxy) is 2. The van der Waals surface area contributed by atoms with Crippen LogP contribution in [0.25, 0.3) is 0 Å². The van der Waals surface area contributed by atoms with Gasteiger partial charge in [0.15, 0.2) is 0 Å². The summed E-state index contributed by atoms with van der Waals surface area (Å²) in [7, 11) is 3.53. The Balaban J connectivity index is 2.69. The van der Waals surface area contributed by atoms with Crippen LogP contribution in [-0.2, 0) is 19.6 Å². The standard InChI is InChI=1S/C19H24ClN3O5S/c1-22(2)13-21-29(25,26)17-12-14(18(24)27-5)11-16(23(3)4)19(17,20)28-15-9-7-6-8-10-15/h6-14H,1-5H3/b21-13+. The molecule has 1 aromatic rings. The van der Waals surface area contributed by atoms with Crippen molar-refractivity contribution in [2.75, 3.05) is 35.3 Å². The van der Waals surface area contributed by atoms with E-state index in [0.717, 1.165) is 6.34 Å². The van der Waals surface area contributed by atoms with Crippen molar-refractivity contribution in [1.29, 1.82) is 0 Å². The number of para-hydroxylation sites is 1. The number of carbonyl (C=O) groups is 1. The van der Waals surface area contributed by atoms with Gasteiger partial charge in [0.25, 0.3) is 15.1 Å². The molecule has 0 amide bonds. The van der Waals surface area contributed by atoms with Gasteiger partial charge >= 0.3 is 5.97 Å². The average molecular weight is 442 g/mol. The fraction of sp³-hybridized carbons (Fsp3) is 0.368. The molecule has 0 aliphatic heterocycles. The largest absolute Gasteiger partial charge is 0.468 e. The van der Waals surface area contributed by atoms with Gasteiger partial charge in [-0.3, -0.25) is 4.79 Å². The van der Waals surface area contributed by atoms with Crippen LogP contribution in [0, 0.1) is 5.92 Å². The Morgan fingerprint density at radius 1 is 1.17 bits per heavy atom. The van der Waals surface area contributed by atoms with Crippen LogP contribution in [-0.4, -0.2) is 70.9 Å². The van der Waals surface area contributed by atoms with E-state index in [1.165, 1.54) is 24.2 Å². The molecule has 0 heterocycles. The summed E-state index contributed by atoms with van der Waals surface area (Å²) in [5.74, 6) is -1.25. The Morgan fingerprint density at radius 3 is 2.31 bits per heavy atom. The molecule has 2 atom stereocenters. The van der Waals surface area contributed by atoms with E-state index in [1.54, 1.807) is 63.4 Å². The molecule has 29 heavy (non-hydrogen) atoms. The molecule has 0 saturated carbocycles. The second kappa shape index (κ2) is 8.87. The highest BCUT2D eigenvalue weighted by molar-refractivity contribution is 7.94. The van der Waals surface area contributed by atoms with Crippen LogP contribution in [0.3, 0.4) is 0 Å². The number of sulfonamides is 1. The van der Waals surface area contributed by atoms with E-state index in [1.807, 2.05) is 0 Å². The summed E-state index contributed by atoms with van der Waals surface area (Å²) in [4.78, 5) is 14.9. The van der Waals surface area contributed by atoms with Crippen LogP contribution in [0.4, 0.5) is 0 Å². The molecule has 2 rings (SSSR count). The summed E-state index contributed by atoms with van der Waals surface area (Å²) in [5, 5.41) is -1.93. The maximum absolute atomic E-state index is 13.1. The lowest BCUT2D eigenvalue weighted by Gasteiger charge is -2.38. The van der Waals surface area contributed by atoms with Gasteiger partial charge in [0, 0.05) is 28.2 Å². The van der Waals surface area contributed by atoms with Gasteiger partial charge in [0.1, 0.15) is 17.0 Å². The normalized spacial score (nSPS) is 21.9. The van der Waals surface area contributed by atoms with Crippen LogP contribution in [0.1, 0.15) is 0 Å². The lowest BCUT2D eigenvalue weighted by molar-refractivity contribution is -0.142. The molecule has 8 nitrogen and oxygen atoms in total. The van der Waals surface area contributed by atoms with Crippen LogP contribution in [0.2, 0.25) is 0 Å². The third kappa shape index (κ3) is 5.10. The summed E-state index contributed by atoms with van der Waals surface area (Å²) in [6.45, 7) is 0. The Bertz CT molecular complexity index is 942. The maximum atomic E-state index is 13.1. The van der Waals surface area contributed by atoms with Gasteiger partial charge < -0.3 is 19.3 Å². The highest BCUT2D eigenvalue weighted by Gasteiger charge is 2.50. The van der Waals surface area contributed by atoms with Crippen LogP contribution >= 0.6 is 11.6 Å². The molecule has 1 aromatic carbocycles. The van der Waals surface area contributed by atoms with Gasteiger partial charge in [0.05, 0.1) is 18.7 Å². The first kappa shape index (κ1) is 22.8. The number of likely N-dealkylation sites (N-methyl/N-ethyl adjacent to an activating group) is 1. The first-order chi connectivity index (χ1) is 13.5. The van der Waals surface area contributed by atoms with E-state index in [0.29, 0.717) is 5.75 Å². The van der Waals surface area contributed by atoms with E-state index in [2.05, 4.69) is 4.40 Å². The zero-order valence-corrected chi connectivity index (χ0v) is 18.4.